The predicted molar refractivity (Wildman–Crippen MR) is 76.1 cm³/mol. The molecule has 2 N–H and O–H groups in total. The van der Waals surface area contributed by atoms with E-state index < -0.39 is 0 Å². The Bertz CT molecular complexity index is 306. The fraction of sp³-hybridized carbons (Fsp3) is 0.625. The molecule has 1 aromatic rings. The van der Waals surface area contributed by atoms with Gasteiger partial charge in [0.05, 0.1) is 0 Å². The highest BCUT2D eigenvalue weighted by Crippen LogP contribution is 2.21. The van der Waals surface area contributed by atoms with Crippen LogP contribution in [0.4, 0.5) is 0 Å². The molecule has 0 heterocycles. The zero-order valence-corrected chi connectivity index (χ0v) is 11.4. The fourth-order valence-corrected chi connectivity index (χ4v) is 2.34. The molecule has 0 aliphatic rings. The molecule has 0 saturated carbocycles. The van der Waals surface area contributed by atoms with Crippen molar-refractivity contribution in [3.8, 4) is 0 Å². The molecular formula is C16H27N. The minimum absolute atomic E-state index is 0.229. The van der Waals surface area contributed by atoms with Gasteiger partial charge in [0.2, 0.25) is 0 Å². The maximum atomic E-state index is 6.29. The molecule has 0 fully saturated rings. The van der Waals surface area contributed by atoms with E-state index in [2.05, 4.69) is 38.1 Å². The van der Waals surface area contributed by atoms with Gasteiger partial charge < -0.3 is 5.73 Å². The van der Waals surface area contributed by atoms with Crippen molar-refractivity contribution < 1.29 is 0 Å². The molecule has 0 aromatic heterocycles. The van der Waals surface area contributed by atoms with Gasteiger partial charge in [0.25, 0.3) is 0 Å². The summed E-state index contributed by atoms with van der Waals surface area (Å²) < 4.78 is 0. The summed E-state index contributed by atoms with van der Waals surface area (Å²) in [5, 5.41) is 0. The van der Waals surface area contributed by atoms with Crippen molar-refractivity contribution in [3.63, 3.8) is 0 Å². The van der Waals surface area contributed by atoms with Crippen molar-refractivity contribution in [1.82, 2.24) is 0 Å². The van der Waals surface area contributed by atoms with Crippen molar-refractivity contribution in [1.29, 1.82) is 0 Å². The third-order valence-corrected chi connectivity index (χ3v) is 3.45. The van der Waals surface area contributed by atoms with Gasteiger partial charge in [-0.3, -0.25) is 0 Å². The number of hydrogen-bond donors (Lipinski definition) is 1. The van der Waals surface area contributed by atoms with E-state index in [0.29, 0.717) is 0 Å². The minimum atomic E-state index is 0.229. The van der Waals surface area contributed by atoms with E-state index in [1.54, 1.807) is 0 Å². The van der Waals surface area contributed by atoms with Gasteiger partial charge in [0, 0.05) is 6.04 Å². The first-order valence-corrected chi connectivity index (χ1v) is 7.13. The van der Waals surface area contributed by atoms with Gasteiger partial charge >= 0.3 is 0 Å². The number of benzene rings is 1. The maximum Gasteiger partial charge on any atom is 0.0297 e. The molecule has 0 spiro atoms. The van der Waals surface area contributed by atoms with Crippen LogP contribution < -0.4 is 5.73 Å². The Balaban J connectivity index is 2.38. The molecule has 17 heavy (non-hydrogen) atoms. The van der Waals surface area contributed by atoms with E-state index in [0.717, 1.165) is 12.8 Å². The largest absolute Gasteiger partial charge is 0.324 e. The van der Waals surface area contributed by atoms with Crippen LogP contribution in [0.1, 0.15) is 69.5 Å². The highest BCUT2D eigenvalue weighted by Gasteiger charge is 2.08. The molecule has 1 atom stereocenters. The smallest absolute Gasteiger partial charge is 0.0297 e. The average Bonchev–Trinajstić information content (AvgIpc) is 2.38. The quantitative estimate of drug-likeness (QED) is 0.652. The Kier molecular flexibility index (Phi) is 6.95. The van der Waals surface area contributed by atoms with Crippen molar-refractivity contribution in [2.75, 3.05) is 0 Å². The third-order valence-electron chi connectivity index (χ3n) is 3.45. The van der Waals surface area contributed by atoms with Crippen molar-refractivity contribution in [2.24, 2.45) is 5.73 Å². The topological polar surface area (TPSA) is 26.0 Å². The van der Waals surface area contributed by atoms with Crippen LogP contribution in [-0.2, 0) is 6.42 Å². The second-order valence-corrected chi connectivity index (χ2v) is 4.86. The van der Waals surface area contributed by atoms with Crippen LogP contribution in [-0.4, -0.2) is 0 Å². The zero-order chi connectivity index (χ0) is 12.5. The van der Waals surface area contributed by atoms with Gasteiger partial charge in [0.15, 0.2) is 0 Å². The standard InChI is InChI=1S/C16H27N/c1-3-5-6-7-8-13-16(17)15-12-10-9-11-14(15)4-2/h9-12,16H,3-8,13,17H2,1-2H3. The van der Waals surface area contributed by atoms with Crippen molar-refractivity contribution >= 4 is 0 Å². The lowest BCUT2D eigenvalue weighted by molar-refractivity contribution is 0.553. The summed E-state index contributed by atoms with van der Waals surface area (Å²) >= 11 is 0. The first-order valence-electron chi connectivity index (χ1n) is 7.13. The molecule has 1 heteroatoms. The van der Waals surface area contributed by atoms with Gasteiger partial charge in [0.1, 0.15) is 0 Å². The average molecular weight is 233 g/mol. The summed E-state index contributed by atoms with van der Waals surface area (Å²) in [5.41, 5.74) is 9.05. The molecule has 0 saturated heterocycles. The van der Waals surface area contributed by atoms with Gasteiger partial charge in [-0.05, 0) is 24.0 Å². The van der Waals surface area contributed by atoms with E-state index in [4.69, 9.17) is 5.73 Å². The van der Waals surface area contributed by atoms with Crippen LogP contribution in [0.3, 0.4) is 0 Å². The third kappa shape index (κ3) is 4.91. The first kappa shape index (κ1) is 14.2. The molecule has 0 amide bonds. The lowest BCUT2D eigenvalue weighted by Gasteiger charge is -2.15. The number of aryl methyl sites for hydroxylation is 1. The Morgan fingerprint density at radius 1 is 1.00 bits per heavy atom. The zero-order valence-electron chi connectivity index (χ0n) is 11.4. The second kappa shape index (κ2) is 8.30. The van der Waals surface area contributed by atoms with Crippen LogP contribution in [0.5, 0.6) is 0 Å². The van der Waals surface area contributed by atoms with E-state index >= 15 is 0 Å². The molecule has 1 aromatic carbocycles. The summed E-state index contributed by atoms with van der Waals surface area (Å²) in [6.07, 6.45) is 8.83. The number of unbranched alkanes of at least 4 members (excludes halogenated alkanes) is 4. The van der Waals surface area contributed by atoms with E-state index in [1.165, 1.54) is 43.2 Å². The number of hydrogen-bond acceptors (Lipinski definition) is 1. The number of nitrogens with two attached hydrogens (primary N) is 1. The lowest BCUT2D eigenvalue weighted by Crippen LogP contribution is -2.12. The van der Waals surface area contributed by atoms with E-state index in [9.17, 15) is 0 Å². The lowest BCUT2D eigenvalue weighted by atomic mass is 9.95. The monoisotopic (exact) mass is 233 g/mol. The SMILES string of the molecule is CCCCCCCC(N)c1ccccc1CC. The Labute approximate surface area is 106 Å². The van der Waals surface area contributed by atoms with Gasteiger partial charge in [-0.25, -0.2) is 0 Å². The van der Waals surface area contributed by atoms with Crippen LogP contribution in [0.2, 0.25) is 0 Å². The van der Waals surface area contributed by atoms with Crippen LogP contribution in [0.25, 0.3) is 0 Å². The molecule has 0 aliphatic carbocycles. The first-order chi connectivity index (χ1) is 8.29. The molecule has 96 valence electrons. The highest BCUT2D eigenvalue weighted by atomic mass is 14.6. The molecule has 0 aliphatic heterocycles. The number of rotatable bonds is 8. The molecule has 0 radical (unpaired) electrons. The van der Waals surface area contributed by atoms with Gasteiger partial charge in [-0.2, -0.15) is 0 Å². The Morgan fingerprint density at radius 3 is 2.41 bits per heavy atom. The molecule has 0 bridgehead atoms. The molecule has 1 rings (SSSR count). The van der Waals surface area contributed by atoms with E-state index in [-0.39, 0.29) is 6.04 Å². The van der Waals surface area contributed by atoms with Gasteiger partial charge in [-0.1, -0.05) is 70.2 Å². The summed E-state index contributed by atoms with van der Waals surface area (Å²) in [7, 11) is 0. The molecule has 1 unspecified atom stereocenters. The normalized spacial score (nSPS) is 12.6. The van der Waals surface area contributed by atoms with Crippen LogP contribution in [0, 0.1) is 0 Å². The maximum absolute atomic E-state index is 6.29. The van der Waals surface area contributed by atoms with Gasteiger partial charge in [-0.15, -0.1) is 0 Å². The van der Waals surface area contributed by atoms with Crippen LogP contribution >= 0.6 is 0 Å². The minimum Gasteiger partial charge on any atom is -0.324 e. The summed E-state index contributed by atoms with van der Waals surface area (Å²) in [4.78, 5) is 0. The Hall–Kier alpha value is -0.820. The van der Waals surface area contributed by atoms with Crippen molar-refractivity contribution in [3.05, 3.63) is 35.4 Å². The predicted octanol–water partition coefficient (Wildman–Crippen LogP) is 4.61. The molecular weight excluding hydrogens is 206 g/mol. The summed E-state index contributed by atoms with van der Waals surface area (Å²) in [5.74, 6) is 0. The van der Waals surface area contributed by atoms with Crippen LogP contribution in [0.15, 0.2) is 24.3 Å². The Morgan fingerprint density at radius 2 is 1.71 bits per heavy atom. The van der Waals surface area contributed by atoms with E-state index in [1.807, 2.05) is 0 Å². The highest BCUT2D eigenvalue weighted by molar-refractivity contribution is 5.29. The van der Waals surface area contributed by atoms with Crippen molar-refractivity contribution in [2.45, 2.75) is 64.8 Å². The second-order valence-electron chi connectivity index (χ2n) is 4.86. The summed E-state index contributed by atoms with van der Waals surface area (Å²) in [6, 6.07) is 8.83. The fourth-order valence-electron chi connectivity index (χ4n) is 2.34. The summed E-state index contributed by atoms with van der Waals surface area (Å²) in [6.45, 7) is 4.45. The molecule has 1 nitrogen and oxygen atoms in total.